The van der Waals surface area contributed by atoms with E-state index in [-0.39, 0.29) is 5.25 Å². The van der Waals surface area contributed by atoms with E-state index in [1.807, 2.05) is 6.92 Å². The molecule has 17 heavy (non-hydrogen) atoms. The van der Waals surface area contributed by atoms with E-state index in [1.54, 1.807) is 0 Å². The Labute approximate surface area is 106 Å². The molecule has 0 bridgehead atoms. The maximum atomic E-state index is 12.0. The van der Waals surface area contributed by atoms with Crippen LogP contribution < -0.4 is 5.32 Å². The van der Waals surface area contributed by atoms with Gasteiger partial charge in [-0.3, -0.25) is 0 Å². The van der Waals surface area contributed by atoms with Crippen molar-refractivity contribution in [3.63, 3.8) is 0 Å². The molecule has 0 aromatic rings. The Balaban J connectivity index is 2.31. The monoisotopic (exact) mass is 261 g/mol. The Morgan fingerprint density at radius 3 is 2.29 bits per heavy atom. The van der Waals surface area contributed by atoms with Crippen molar-refractivity contribution in [2.45, 2.75) is 64.2 Å². The van der Waals surface area contributed by atoms with Crippen LogP contribution in [-0.4, -0.2) is 32.0 Å². The SMILES string of the molecule is CC(C)CCS(=O)(=O)C(C)CNC1CCCC1. The summed E-state index contributed by atoms with van der Waals surface area (Å²) in [5, 5.41) is 3.15. The molecule has 0 aromatic heterocycles. The summed E-state index contributed by atoms with van der Waals surface area (Å²) in [6.07, 6.45) is 5.76. The number of hydrogen-bond donors (Lipinski definition) is 1. The van der Waals surface area contributed by atoms with Gasteiger partial charge in [0, 0.05) is 12.6 Å². The molecule has 1 unspecified atom stereocenters. The first-order valence-corrected chi connectivity index (χ1v) is 8.58. The Morgan fingerprint density at radius 2 is 1.76 bits per heavy atom. The van der Waals surface area contributed by atoms with E-state index in [9.17, 15) is 8.42 Å². The van der Waals surface area contributed by atoms with Gasteiger partial charge in [0.15, 0.2) is 9.84 Å². The fourth-order valence-electron chi connectivity index (χ4n) is 2.19. The average Bonchev–Trinajstić information content (AvgIpc) is 2.76. The van der Waals surface area contributed by atoms with E-state index in [4.69, 9.17) is 0 Å². The normalized spacial score (nSPS) is 20.0. The van der Waals surface area contributed by atoms with Gasteiger partial charge >= 0.3 is 0 Å². The van der Waals surface area contributed by atoms with Gasteiger partial charge in [-0.05, 0) is 32.1 Å². The van der Waals surface area contributed by atoms with Crippen LogP contribution in [0.25, 0.3) is 0 Å². The van der Waals surface area contributed by atoms with Crippen LogP contribution in [0.4, 0.5) is 0 Å². The predicted molar refractivity (Wildman–Crippen MR) is 73.0 cm³/mol. The minimum Gasteiger partial charge on any atom is -0.313 e. The summed E-state index contributed by atoms with van der Waals surface area (Å²) in [4.78, 5) is 0. The third-order valence-electron chi connectivity index (χ3n) is 3.64. The summed E-state index contributed by atoms with van der Waals surface area (Å²) in [6, 6.07) is 0.553. The lowest BCUT2D eigenvalue weighted by atomic mass is 10.2. The Morgan fingerprint density at radius 1 is 1.18 bits per heavy atom. The van der Waals surface area contributed by atoms with Gasteiger partial charge in [0.05, 0.1) is 11.0 Å². The van der Waals surface area contributed by atoms with E-state index in [2.05, 4.69) is 19.2 Å². The molecule has 1 saturated carbocycles. The lowest BCUT2D eigenvalue weighted by Gasteiger charge is -2.17. The highest BCUT2D eigenvalue weighted by molar-refractivity contribution is 7.92. The molecule has 1 fully saturated rings. The van der Waals surface area contributed by atoms with Gasteiger partial charge in [0.2, 0.25) is 0 Å². The third kappa shape index (κ3) is 5.38. The molecule has 1 rings (SSSR count). The van der Waals surface area contributed by atoms with Gasteiger partial charge < -0.3 is 5.32 Å². The van der Waals surface area contributed by atoms with Crippen molar-refractivity contribution >= 4 is 9.84 Å². The zero-order chi connectivity index (χ0) is 12.9. The van der Waals surface area contributed by atoms with Gasteiger partial charge in [0.25, 0.3) is 0 Å². The maximum Gasteiger partial charge on any atom is 0.154 e. The van der Waals surface area contributed by atoms with E-state index < -0.39 is 9.84 Å². The quantitative estimate of drug-likeness (QED) is 0.765. The first-order chi connectivity index (χ1) is 7.92. The molecule has 0 saturated heterocycles. The Kier molecular flexibility index (Phi) is 5.93. The number of rotatable bonds is 7. The summed E-state index contributed by atoms with van der Waals surface area (Å²) in [6.45, 7) is 6.58. The second-order valence-corrected chi connectivity index (χ2v) is 8.29. The summed E-state index contributed by atoms with van der Waals surface area (Å²) < 4.78 is 24.0. The minimum absolute atomic E-state index is 0.248. The van der Waals surface area contributed by atoms with Gasteiger partial charge in [-0.2, -0.15) is 0 Å². The molecule has 3 nitrogen and oxygen atoms in total. The molecule has 0 heterocycles. The highest BCUT2D eigenvalue weighted by Gasteiger charge is 2.22. The second-order valence-electron chi connectivity index (χ2n) is 5.75. The molecule has 0 spiro atoms. The van der Waals surface area contributed by atoms with Crippen LogP contribution in [0.2, 0.25) is 0 Å². The number of nitrogens with one attached hydrogen (secondary N) is 1. The lowest BCUT2D eigenvalue weighted by molar-refractivity contribution is 0.509. The zero-order valence-electron chi connectivity index (χ0n) is 11.4. The van der Waals surface area contributed by atoms with Crippen LogP contribution in [0.1, 0.15) is 52.9 Å². The van der Waals surface area contributed by atoms with Crippen molar-refractivity contribution in [1.29, 1.82) is 0 Å². The van der Waals surface area contributed by atoms with Crippen LogP contribution in [-0.2, 0) is 9.84 Å². The molecule has 0 aromatic carbocycles. The number of sulfone groups is 1. The standard InChI is InChI=1S/C13H27NO2S/c1-11(2)8-9-17(15,16)12(3)10-14-13-6-4-5-7-13/h11-14H,4-10H2,1-3H3. The summed E-state index contributed by atoms with van der Waals surface area (Å²) in [5.74, 6) is 0.790. The van der Waals surface area contributed by atoms with Crippen LogP contribution in [0.15, 0.2) is 0 Å². The Bertz CT molecular complexity index is 305. The molecule has 4 heteroatoms. The largest absolute Gasteiger partial charge is 0.313 e. The van der Waals surface area contributed by atoms with Crippen molar-refractivity contribution in [2.75, 3.05) is 12.3 Å². The van der Waals surface area contributed by atoms with Gasteiger partial charge in [-0.1, -0.05) is 26.7 Å². The fourth-order valence-corrected chi connectivity index (χ4v) is 3.74. The van der Waals surface area contributed by atoms with E-state index >= 15 is 0 Å². The Hall–Kier alpha value is -0.0900. The molecular weight excluding hydrogens is 234 g/mol. The van der Waals surface area contributed by atoms with E-state index in [1.165, 1.54) is 25.7 Å². The van der Waals surface area contributed by atoms with Crippen molar-refractivity contribution in [3.8, 4) is 0 Å². The van der Waals surface area contributed by atoms with E-state index in [0.29, 0.717) is 24.3 Å². The van der Waals surface area contributed by atoms with Gasteiger partial charge in [0.1, 0.15) is 0 Å². The number of hydrogen-bond acceptors (Lipinski definition) is 3. The topological polar surface area (TPSA) is 46.2 Å². The second kappa shape index (κ2) is 6.74. The molecular formula is C13H27NO2S. The highest BCUT2D eigenvalue weighted by Crippen LogP contribution is 2.18. The first-order valence-electron chi connectivity index (χ1n) is 6.86. The van der Waals surface area contributed by atoms with Crippen LogP contribution in [0, 0.1) is 5.92 Å². The predicted octanol–water partition coefficient (Wildman–Crippen LogP) is 2.37. The molecule has 1 atom stereocenters. The molecule has 1 aliphatic carbocycles. The molecule has 102 valence electrons. The molecule has 1 N–H and O–H groups in total. The van der Waals surface area contributed by atoms with Crippen molar-refractivity contribution in [2.24, 2.45) is 5.92 Å². The van der Waals surface area contributed by atoms with Crippen LogP contribution in [0.5, 0.6) is 0 Å². The summed E-state index contributed by atoms with van der Waals surface area (Å²) in [5.41, 5.74) is 0. The van der Waals surface area contributed by atoms with Crippen molar-refractivity contribution in [1.82, 2.24) is 5.32 Å². The molecule has 0 radical (unpaired) electrons. The van der Waals surface area contributed by atoms with Crippen LogP contribution >= 0.6 is 0 Å². The minimum atomic E-state index is -2.91. The smallest absolute Gasteiger partial charge is 0.154 e. The summed E-state index contributed by atoms with van der Waals surface area (Å²) in [7, 11) is -2.91. The van der Waals surface area contributed by atoms with Crippen LogP contribution in [0.3, 0.4) is 0 Å². The third-order valence-corrected chi connectivity index (χ3v) is 5.84. The maximum absolute atomic E-state index is 12.0. The zero-order valence-corrected chi connectivity index (χ0v) is 12.2. The van der Waals surface area contributed by atoms with E-state index in [0.717, 1.165) is 6.42 Å². The lowest BCUT2D eigenvalue weighted by Crippen LogP contribution is -2.37. The average molecular weight is 261 g/mol. The fraction of sp³-hybridized carbons (Fsp3) is 1.00. The molecule has 0 amide bonds. The molecule has 0 aliphatic heterocycles. The molecule has 1 aliphatic rings. The summed E-state index contributed by atoms with van der Waals surface area (Å²) >= 11 is 0. The van der Waals surface area contributed by atoms with Gasteiger partial charge in [-0.15, -0.1) is 0 Å². The first kappa shape index (κ1) is 15.0. The van der Waals surface area contributed by atoms with Crippen molar-refractivity contribution < 1.29 is 8.42 Å². The highest BCUT2D eigenvalue weighted by atomic mass is 32.2. The van der Waals surface area contributed by atoms with Crippen molar-refractivity contribution in [3.05, 3.63) is 0 Å². The van der Waals surface area contributed by atoms with Gasteiger partial charge in [-0.25, -0.2) is 8.42 Å².